The third kappa shape index (κ3) is 3.58. The molecule has 2 heterocycles. The molecule has 0 amide bonds. The van der Waals surface area contributed by atoms with E-state index in [0.29, 0.717) is 27.2 Å². The Morgan fingerprint density at radius 2 is 2.00 bits per heavy atom. The van der Waals surface area contributed by atoms with Crippen molar-refractivity contribution in [3.05, 3.63) is 58.3 Å². The van der Waals surface area contributed by atoms with Gasteiger partial charge in [0.25, 0.3) is 0 Å². The van der Waals surface area contributed by atoms with Crippen molar-refractivity contribution in [3.63, 3.8) is 0 Å². The number of allylic oxidation sites excluding steroid dienone is 3. The van der Waals surface area contributed by atoms with E-state index in [4.69, 9.17) is 23.2 Å². The third-order valence-corrected chi connectivity index (χ3v) is 7.63. The first kappa shape index (κ1) is 16.2. The predicted molar refractivity (Wildman–Crippen MR) is 92.8 cm³/mol. The molecule has 0 aromatic heterocycles. The molecule has 124 valence electrons. The maximum absolute atomic E-state index is 6.40. The van der Waals surface area contributed by atoms with Crippen LogP contribution >= 0.6 is 23.2 Å². The molecule has 2 aliphatic heterocycles. The molecule has 1 aliphatic carbocycles. The first-order valence-corrected chi connectivity index (χ1v) is 11.7. The molecule has 0 saturated carbocycles. The molecule has 4 rings (SSSR count). The Morgan fingerprint density at radius 1 is 1.22 bits per heavy atom. The number of hydrogen-bond acceptors (Lipinski definition) is 2. The zero-order valence-corrected chi connectivity index (χ0v) is 16.5. The van der Waals surface area contributed by atoms with Crippen LogP contribution in [0.5, 0.6) is 0 Å². The van der Waals surface area contributed by atoms with Gasteiger partial charge in [-0.25, -0.2) is 0 Å². The summed E-state index contributed by atoms with van der Waals surface area (Å²) in [5, 5.41) is 4.52. The summed E-state index contributed by atoms with van der Waals surface area (Å²) in [6, 6.07) is 8.69. The summed E-state index contributed by atoms with van der Waals surface area (Å²) in [5.41, 5.74) is 4.32. The number of nitrogens with zero attached hydrogens (tertiary/aromatic N) is 1. The monoisotopic (exact) mass is 461 g/mol. The Labute approximate surface area is 158 Å². The molecule has 3 atom stereocenters. The fraction of sp³-hybridized carbons (Fsp3) is 0.444. The van der Waals surface area contributed by atoms with Crippen LogP contribution in [0.1, 0.15) is 18.0 Å². The minimum absolute atomic E-state index is 0.176. The van der Waals surface area contributed by atoms with Crippen LogP contribution in [0.3, 0.4) is 0 Å². The Hall–Kier alpha value is -0.230. The van der Waals surface area contributed by atoms with Crippen molar-refractivity contribution in [1.82, 2.24) is 10.2 Å². The number of hydrogen-bond donors (Lipinski definition) is 1. The van der Waals surface area contributed by atoms with Gasteiger partial charge in [-0.15, -0.1) is 0 Å². The van der Waals surface area contributed by atoms with Crippen LogP contribution in [-0.2, 0) is 0 Å². The molecule has 2 unspecified atom stereocenters. The summed E-state index contributed by atoms with van der Waals surface area (Å²) in [4.78, 5) is 2.59. The molecule has 1 N–H and O–H groups in total. The van der Waals surface area contributed by atoms with E-state index in [-0.39, 0.29) is 5.38 Å². The number of benzene rings is 1. The average Bonchev–Trinajstić information content (AvgIpc) is 3.41. The SMILES string of the molecule is Clc1ccc([C@@H]2CNCCN2C2=CCC(Cl)C=C2C2C[I-]2)cc1. The van der Waals surface area contributed by atoms with E-state index in [1.165, 1.54) is 21.3 Å². The summed E-state index contributed by atoms with van der Waals surface area (Å²) in [5.74, 6) is 0. The van der Waals surface area contributed by atoms with Crippen LogP contribution in [0.2, 0.25) is 5.02 Å². The first-order valence-electron chi connectivity index (χ1n) is 8.09. The van der Waals surface area contributed by atoms with Gasteiger partial charge in [0, 0.05) is 0 Å². The van der Waals surface area contributed by atoms with Crippen LogP contribution in [0.4, 0.5) is 0 Å². The number of alkyl halides is 3. The normalized spacial score (nSPS) is 31.0. The second-order valence-electron chi connectivity index (χ2n) is 6.20. The molecule has 2 nitrogen and oxygen atoms in total. The van der Waals surface area contributed by atoms with Gasteiger partial charge in [-0.1, -0.05) is 0 Å². The molecule has 2 fully saturated rings. The van der Waals surface area contributed by atoms with Crippen LogP contribution in [0.15, 0.2) is 47.7 Å². The second-order valence-corrected chi connectivity index (χ2v) is 10.5. The fourth-order valence-electron chi connectivity index (χ4n) is 3.42. The van der Waals surface area contributed by atoms with Gasteiger partial charge in [0.15, 0.2) is 0 Å². The Kier molecular flexibility index (Phi) is 4.91. The Balaban J connectivity index is 1.64. The summed E-state index contributed by atoms with van der Waals surface area (Å²) in [7, 11) is 0. The van der Waals surface area contributed by atoms with E-state index in [0.717, 1.165) is 35.0 Å². The number of nitrogens with one attached hydrogen (secondary N) is 1. The van der Waals surface area contributed by atoms with Crippen LogP contribution < -0.4 is 26.5 Å². The number of rotatable bonds is 3. The van der Waals surface area contributed by atoms with Crippen molar-refractivity contribution in [1.29, 1.82) is 0 Å². The quantitative estimate of drug-likeness (QED) is 0.523. The van der Waals surface area contributed by atoms with Gasteiger partial charge in [-0.05, 0) is 0 Å². The molecule has 23 heavy (non-hydrogen) atoms. The van der Waals surface area contributed by atoms with E-state index in [9.17, 15) is 0 Å². The number of halogens is 3. The molecule has 5 heteroatoms. The molecular formula is C18H20Cl2IN2-. The van der Waals surface area contributed by atoms with Gasteiger partial charge < -0.3 is 0 Å². The molecule has 2 saturated heterocycles. The molecule has 1 aromatic rings. The maximum atomic E-state index is 6.40. The van der Waals surface area contributed by atoms with Gasteiger partial charge in [0.05, 0.1) is 0 Å². The van der Waals surface area contributed by atoms with Crippen molar-refractivity contribution in [2.75, 3.05) is 24.1 Å². The summed E-state index contributed by atoms with van der Waals surface area (Å²) in [6.45, 7) is 3.07. The van der Waals surface area contributed by atoms with Crippen LogP contribution in [0, 0.1) is 0 Å². The third-order valence-electron chi connectivity index (χ3n) is 4.65. The second kappa shape index (κ2) is 6.95. The van der Waals surface area contributed by atoms with Gasteiger partial charge >= 0.3 is 159 Å². The molecule has 0 spiro atoms. The van der Waals surface area contributed by atoms with Crippen LogP contribution in [-0.4, -0.2) is 38.3 Å². The van der Waals surface area contributed by atoms with E-state index in [1.54, 1.807) is 0 Å². The van der Waals surface area contributed by atoms with E-state index in [1.807, 2.05) is 12.1 Å². The topological polar surface area (TPSA) is 15.3 Å². The van der Waals surface area contributed by atoms with E-state index < -0.39 is 0 Å². The summed E-state index contributed by atoms with van der Waals surface area (Å²) >= 11 is 12.8. The van der Waals surface area contributed by atoms with Crippen molar-refractivity contribution in [3.8, 4) is 0 Å². The zero-order chi connectivity index (χ0) is 15.8. The van der Waals surface area contributed by atoms with Gasteiger partial charge in [-0.3, -0.25) is 0 Å². The van der Waals surface area contributed by atoms with Gasteiger partial charge in [0.1, 0.15) is 0 Å². The van der Waals surface area contributed by atoms with E-state index >= 15 is 0 Å². The first-order chi connectivity index (χ1) is 11.2. The zero-order valence-electron chi connectivity index (χ0n) is 12.8. The molecule has 0 bridgehead atoms. The molecule has 3 aliphatic rings. The Morgan fingerprint density at radius 3 is 2.74 bits per heavy atom. The van der Waals surface area contributed by atoms with Crippen molar-refractivity contribution in [2.24, 2.45) is 0 Å². The molecule has 0 radical (unpaired) electrons. The standard InChI is InChI=1S/C18H20Cl2IN2/c19-13-3-1-12(2-4-13)18-11-22-7-8-23(18)17-6-5-14(20)9-15(17)16-10-21-16/h1-4,6,9,14,16,18,22H,5,7-8,10-11H2/q-1/t14?,16?,18-/m0/s1. The van der Waals surface area contributed by atoms with E-state index in [2.05, 4.69) is 34.5 Å². The van der Waals surface area contributed by atoms with Gasteiger partial charge in [0.2, 0.25) is 0 Å². The summed E-state index contributed by atoms with van der Waals surface area (Å²) in [6.07, 6.45) is 5.65. The van der Waals surface area contributed by atoms with Crippen LogP contribution in [0.25, 0.3) is 0 Å². The molecule has 1 aromatic carbocycles. The minimum atomic E-state index is 0.176. The predicted octanol–water partition coefficient (Wildman–Crippen LogP) is 0.579. The molecular weight excluding hydrogens is 442 g/mol. The van der Waals surface area contributed by atoms with Crippen molar-refractivity contribution < 1.29 is 21.2 Å². The summed E-state index contributed by atoms with van der Waals surface area (Å²) < 4.78 is 2.26. The van der Waals surface area contributed by atoms with Gasteiger partial charge in [-0.2, -0.15) is 0 Å². The van der Waals surface area contributed by atoms with Crippen molar-refractivity contribution in [2.45, 2.75) is 21.8 Å². The van der Waals surface area contributed by atoms with Crippen molar-refractivity contribution >= 4 is 23.2 Å². The average molecular weight is 462 g/mol. The Bertz CT molecular complexity index is 637. The number of piperazine rings is 1. The fourth-order valence-corrected chi connectivity index (χ4v) is 5.51.